The summed E-state index contributed by atoms with van der Waals surface area (Å²) in [5.74, 6) is 0.420. The monoisotopic (exact) mass is 345 g/mol. The van der Waals surface area contributed by atoms with Crippen LogP contribution in [0.5, 0.6) is 0 Å². The maximum absolute atomic E-state index is 12.0. The molecular weight excluding hydrogens is 314 g/mol. The summed E-state index contributed by atoms with van der Waals surface area (Å²) in [6, 6.07) is 8.08. The standard InChI is InChI=1S/C19H31N5O/c1-3-10-21-18(25)16-8-5-7-15(12-16)13-22-19(20)23-14-17-9-6-11-24(17)4-2/h5,7-8,12,17H,3-4,6,9-11,13-14H2,1-2H3,(H,21,25)(H3,20,22,23). The van der Waals surface area contributed by atoms with E-state index < -0.39 is 0 Å². The Morgan fingerprint density at radius 1 is 1.36 bits per heavy atom. The molecule has 1 fully saturated rings. The van der Waals surface area contributed by atoms with Crippen molar-refractivity contribution in [2.75, 3.05) is 26.2 Å². The molecule has 138 valence electrons. The number of nitrogens with zero attached hydrogens (tertiary/aromatic N) is 2. The van der Waals surface area contributed by atoms with Gasteiger partial charge in [0.25, 0.3) is 5.91 Å². The van der Waals surface area contributed by atoms with E-state index in [0.717, 1.165) is 25.1 Å². The molecule has 0 aliphatic carbocycles. The molecule has 1 aliphatic rings. The van der Waals surface area contributed by atoms with Crippen LogP contribution in [0.3, 0.4) is 0 Å². The Bertz CT molecular complexity index is 587. The zero-order chi connectivity index (χ0) is 18.1. The van der Waals surface area contributed by atoms with Gasteiger partial charge < -0.3 is 16.4 Å². The number of aliphatic imine (C=N–C) groups is 1. The molecule has 1 atom stereocenters. The number of rotatable bonds is 8. The Labute approximate surface area is 150 Å². The van der Waals surface area contributed by atoms with Crippen LogP contribution in [0.1, 0.15) is 49.0 Å². The molecule has 0 saturated carbocycles. The van der Waals surface area contributed by atoms with E-state index in [1.807, 2.05) is 31.2 Å². The lowest BCUT2D eigenvalue weighted by Crippen LogP contribution is -2.42. The van der Waals surface area contributed by atoms with Crippen LogP contribution in [-0.2, 0) is 6.54 Å². The molecule has 4 N–H and O–H groups in total. The second-order valence-electron chi connectivity index (χ2n) is 6.46. The summed E-state index contributed by atoms with van der Waals surface area (Å²) < 4.78 is 0. The molecule has 1 heterocycles. The van der Waals surface area contributed by atoms with Crippen molar-refractivity contribution in [2.24, 2.45) is 10.7 Å². The van der Waals surface area contributed by atoms with Crippen LogP contribution in [0.15, 0.2) is 29.3 Å². The molecule has 1 aromatic carbocycles. The van der Waals surface area contributed by atoms with Crippen LogP contribution < -0.4 is 16.4 Å². The van der Waals surface area contributed by atoms with Gasteiger partial charge in [-0.05, 0) is 50.0 Å². The number of nitrogens with one attached hydrogen (secondary N) is 2. The molecule has 1 saturated heterocycles. The lowest BCUT2D eigenvalue weighted by atomic mass is 10.1. The highest BCUT2D eigenvalue weighted by atomic mass is 16.1. The number of hydrogen-bond donors (Lipinski definition) is 3. The molecule has 0 spiro atoms. The van der Waals surface area contributed by atoms with E-state index in [-0.39, 0.29) is 5.91 Å². The number of nitrogens with two attached hydrogens (primary N) is 1. The first-order chi connectivity index (χ1) is 12.1. The third kappa shape index (κ3) is 6.05. The van der Waals surface area contributed by atoms with Gasteiger partial charge in [0.15, 0.2) is 5.96 Å². The minimum Gasteiger partial charge on any atom is -0.370 e. The fourth-order valence-electron chi connectivity index (χ4n) is 3.15. The van der Waals surface area contributed by atoms with Gasteiger partial charge in [-0.3, -0.25) is 9.69 Å². The Balaban J connectivity index is 1.84. The molecule has 0 radical (unpaired) electrons. The Hall–Kier alpha value is -2.08. The van der Waals surface area contributed by atoms with Crippen molar-refractivity contribution < 1.29 is 4.79 Å². The maximum Gasteiger partial charge on any atom is 0.251 e. The number of carbonyl (C=O) groups excluding carboxylic acids is 1. The number of hydrogen-bond acceptors (Lipinski definition) is 3. The SMILES string of the molecule is CCCNC(=O)c1cccc(CN=C(N)NCC2CCCN2CC)c1. The minimum atomic E-state index is -0.0420. The van der Waals surface area contributed by atoms with Gasteiger partial charge >= 0.3 is 0 Å². The van der Waals surface area contributed by atoms with Crippen molar-refractivity contribution in [3.63, 3.8) is 0 Å². The molecule has 0 aromatic heterocycles. The summed E-state index contributed by atoms with van der Waals surface area (Å²) in [5, 5.41) is 6.12. The largest absolute Gasteiger partial charge is 0.370 e. The number of guanidine groups is 1. The zero-order valence-electron chi connectivity index (χ0n) is 15.4. The van der Waals surface area contributed by atoms with Gasteiger partial charge in [0.05, 0.1) is 6.54 Å². The predicted molar refractivity (Wildman–Crippen MR) is 103 cm³/mol. The minimum absolute atomic E-state index is 0.0420. The van der Waals surface area contributed by atoms with Crippen LogP contribution in [0.2, 0.25) is 0 Å². The summed E-state index contributed by atoms with van der Waals surface area (Å²) in [5.41, 5.74) is 7.63. The van der Waals surface area contributed by atoms with Crippen molar-refractivity contribution >= 4 is 11.9 Å². The Morgan fingerprint density at radius 2 is 2.20 bits per heavy atom. The molecule has 1 aromatic rings. The summed E-state index contributed by atoms with van der Waals surface area (Å²) >= 11 is 0. The number of carbonyl (C=O) groups is 1. The molecule has 6 nitrogen and oxygen atoms in total. The van der Waals surface area contributed by atoms with Gasteiger partial charge in [0, 0.05) is 24.7 Å². The van der Waals surface area contributed by atoms with E-state index in [2.05, 4.69) is 27.4 Å². The van der Waals surface area contributed by atoms with Crippen molar-refractivity contribution in [3.05, 3.63) is 35.4 Å². The van der Waals surface area contributed by atoms with E-state index in [0.29, 0.717) is 30.7 Å². The second-order valence-corrected chi connectivity index (χ2v) is 6.46. The first-order valence-corrected chi connectivity index (χ1v) is 9.29. The molecule has 6 heteroatoms. The van der Waals surface area contributed by atoms with Crippen molar-refractivity contribution in [1.29, 1.82) is 0 Å². The molecule has 25 heavy (non-hydrogen) atoms. The topological polar surface area (TPSA) is 82.8 Å². The van der Waals surface area contributed by atoms with Crippen LogP contribution in [0.25, 0.3) is 0 Å². The summed E-state index contributed by atoms with van der Waals surface area (Å²) in [7, 11) is 0. The average Bonchev–Trinajstić information content (AvgIpc) is 3.10. The summed E-state index contributed by atoms with van der Waals surface area (Å²) in [4.78, 5) is 18.9. The van der Waals surface area contributed by atoms with E-state index in [1.54, 1.807) is 0 Å². The quantitative estimate of drug-likeness (QED) is 0.495. The maximum atomic E-state index is 12.0. The van der Waals surface area contributed by atoms with Crippen LogP contribution in [0, 0.1) is 0 Å². The highest BCUT2D eigenvalue weighted by molar-refractivity contribution is 5.94. The van der Waals surface area contributed by atoms with Gasteiger partial charge in [-0.2, -0.15) is 0 Å². The van der Waals surface area contributed by atoms with E-state index in [9.17, 15) is 4.79 Å². The van der Waals surface area contributed by atoms with Crippen LogP contribution in [0.4, 0.5) is 0 Å². The summed E-state index contributed by atoms with van der Waals surface area (Å²) in [6.45, 7) is 8.47. The highest BCUT2D eigenvalue weighted by Crippen LogP contribution is 2.15. The van der Waals surface area contributed by atoms with Gasteiger partial charge in [-0.15, -0.1) is 0 Å². The van der Waals surface area contributed by atoms with Gasteiger partial charge in [0.1, 0.15) is 0 Å². The summed E-state index contributed by atoms with van der Waals surface area (Å²) in [6.07, 6.45) is 3.39. The zero-order valence-corrected chi connectivity index (χ0v) is 15.4. The lowest BCUT2D eigenvalue weighted by Gasteiger charge is -2.23. The smallest absolute Gasteiger partial charge is 0.251 e. The molecule has 1 aliphatic heterocycles. The highest BCUT2D eigenvalue weighted by Gasteiger charge is 2.22. The average molecular weight is 345 g/mol. The van der Waals surface area contributed by atoms with Crippen molar-refractivity contribution in [3.8, 4) is 0 Å². The first kappa shape index (κ1) is 19.2. The van der Waals surface area contributed by atoms with Gasteiger partial charge in [-0.1, -0.05) is 26.0 Å². The van der Waals surface area contributed by atoms with Crippen molar-refractivity contribution in [1.82, 2.24) is 15.5 Å². The van der Waals surface area contributed by atoms with Crippen LogP contribution >= 0.6 is 0 Å². The lowest BCUT2D eigenvalue weighted by molar-refractivity contribution is 0.0953. The normalized spacial score (nSPS) is 18.3. The third-order valence-corrected chi connectivity index (χ3v) is 4.58. The molecule has 2 rings (SSSR count). The number of likely N-dealkylation sites (N-methyl/N-ethyl adjacent to an activating group) is 1. The molecule has 0 bridgehead atoms. The molecule has 1 unspecified atom stereocenters. The van der Waals surface area contributed by atoms with E-state index >= 15 is 0 Å². The van der Waals surface area contributed by atoms with Crippen LogP contribution in [-0.4, -0.2) is 49.0 Å². The second kappa shape index (κ2) is 10.0. The number of benzene rings is 1. The van der Waals surface area contributed by atoms with E-state index in [1.165, 1.54) is 19.4 Å². The van der Waals surface area contributed by atoms with E-state index in [4.69, 9.17) is 5.73 Å². The van der Waals surface area contributed by atoms with Gasteiger partial charge in [0.2, 0.25) is 0 Å². The Morgan fingerprint density at radius 3 is 2.96 bits per heavy atom. The van der Waals surface area contributed by atoms with Crippen molar-refractivity contribution in [2.45, 2.75) is 45.7 Å². The van der Waals surface area contributed by atoms with Gasteiger partial charge in [-0.25, -0.2) is 4.99 Å². The number of amides is 1. The fourth-order valence-corrected chi connectivity index (χ4v) is 3.15. The third-order valence-electron chi connectivity index (χ3n) is 4.58. The Kier molecular flexibility index (Phi) is 7.73. The number of likely N-dealkylation sites (tertiary alicyclic amines) is 1. The fraction of sp³-hybridized carbons (Fsp3) is 0.579. The molecule has 1 amide bonds. The molecular formula is C19H31N5O. The first-order valence-electron chi connectivity index (χ1n) is 9.29. The predicted octanol–water partition coefficient (Wildman–Crippen LogP) is 1.72.